The van der Waals surface area contributed by atoms with Crippen LogP contribution in [-0.2, 0) is 51.4 Å². The Bertz CT molecular complexity index is 2560. The lowest BCUT2D eigenvalue weighted by Gasteiger charge is -2.30. The number of aryl methyl sites for hydroxylation is 12. The molecule has 0 radical (unpaired) electrons. The maximum Gasteiger partial charge on any atom is 0.195 e. The van der Waals surface area contributed by atoms with E-state index < -0.39 is 0 Å². The Morgan fingerprint density at radius 2 is 0.467 bits per heavy atom. The van der Waals surface area contributed by atoms with Gasteiger partial charge in [-0.25, -0.2) is 0 Å². The summed E-state index contributed by atoms with van der Waals surface area (Å²) >= 11 is 0. The molecular formula is C58H52O2. The summed E-state index contributed by atoms with van der Waals surface area (Å²) in [6, 6.07) is 51.2. The first-order chi connectivity index (χ1) is 29.3. The quantitative estimate of drug-likeness (QED) is 0.124. The lowest BCUT2D eigenvalue weighted by atomic mass is 9.71. The van der Waals surface area contributed by atoms with Crippen LogP contribution in [0, 0.1) is 27.7 Å². The number of carbonyl (C=O) groups excluding carboxylic acids is 2. The Balaban J connectivity index is 1.31. The van der Waals surface area contributed by atoms with Gasteiger partial charge in [-0.1, -0.05) is 146 Å². The van der Waals surface area contributed by atoms with Gasteiger partial charge in [0, 0.05) is 22.3 Å². The van der Waals surface area contributed by atoms with Crippen LogP contribution < -0.4 is 0 Å². The van der Waals surface area contributed by atoms with Gasteiger partial charge in [-0.2, -0.15) is 0 Å². The average molecular weight is 781 g/mol. The molecule has 0 unspecified atom stereocenters. The van der Waals surface area contributed by atoms with Gasteiger partial charge in [-0.05, 0) is 167 Å². The normalized spacial score (nSPS) is 12.3. The van der Waals surface area contributed by atoms with Gasteiger partial charge in [-0.15, -0.1) is 0 Å². The van der Waals surface area contributed by atoms with Crippen molar-refractivity contribution in [3.05, 3.63) is 235 Å². The molecule has 1 aliphatic carbocycles. The van der Waals surface area contributed by atoms with E-state index in [-0.39, 0.29) is 11.6 Å². The third kappa shape index (κ3) is 7.19. The zero-order valence-electron chi connectivity index (χ0n) is 35.3. The minimum Gasteiger partial charge on any atom is -0.289 e. The first-order valence-electron chi connectivity index (χ1n) is 21.7. The van der Waals surface area contributed by atoms with Gasteiger partial charge in [0.05, 0.1) is 0 Å². The van der Waals surface area contributed by atoms with Crippen molar-refractivity contribution in [2.24, 2.45) is 0 Å². The lowest BCUT2D eigenvalue weighted by molar-refractivity contribution is 0.0976. The van der Waals surface area contributed by atoms with Crippen molar-refractivity contribution in [1.82, 2.24) is 0 Å². The predicted molar refractivity (Wildman–Crippen MR) is 249 cm³/mol. The molecule has 0 aliphatic heterocycles. The van der Waals surface area contributed by atoms with E-state index in [2.05, 4.69) is 173 Å². The van der Waals surface area contributed by atoms with Crippen molar-refractivity contribution in [3.63, 3.8) is 0 Å². The van der Waals surface area contributed by atoms with Crippen LogP contribution >= 0.6 is 0 Å². The molecule has 9 rings (SSSR count). The van der Waals surface area contributed by atoms with Gasteiger partial charge >= 0.3 is 0 Å². The molecule has 0 saturated carbocycles. The molecule has 0 bridgehead atoms. The van der Waals surface area contributed by atoms with E-state index in [4.69, 9.17) is 0 Å². The molecule has 0 fully saturated rings. The van der Waals surface area contributed by atoms with Crippen LogP contribution in [-0.4, -0.2) is 11.6 Å². The summed E-state index contributed by atoms with van der Waals surface area (Å²) in [5.74, 6) is 0.00918. The van der Waals surface area contributed by atoms with Gasteiger partial charge in [0.2, 0.25) is 0 Å². The van der Waals surface area contributed by atoms with Gasteiger partial charge in [0.25, 0.3) is 0 Å². The first-order valence-corrected chi connectivity index (χ1v) is 21.7. The summed E-state index contributed by atoms with van der Waals surface area (Å²) in [4.78, 5) is 32.3. The van der Waals surface area contributed by atoms with E-state index in [1.807, 2.05) is 0 Å². The second-order valence-corrected chi connectivity index (χ2v) is 16.9. The summed E-state index contributed by atoms with van der Waals surface area (Å²) in [6.45, 7) is 8.64. The molecule has 296 valence electrons. The molecule has 0 spiro atoms. The van der Waals surface area contributed by atoms with E-state index in [9.17, 15) is 0 Å². The molecule has 0 heterocycles. The van der Waals surface area contributed by atoms with Crippen molar-refractivity contribution in [2.75, 3.05) is 0 Å². The van der Waals surface area contributed by atoms with Gasteiger partial charge in [-0.3, -0.25) is 9.59 Å². The third-order valence-corrected chi connectivity index (χ3v) is 13.4. The number of benzene rings is 8. The van der Waals surface area contributed by atoms with Crippen LogP contribution in [0.4, 0.5) is 0 Å². The highest BCUT2D eigenvalue weighted by Crippen LogP contribution is 2.44. The van der Waals surface area contributed by atoms with Crippen LogP contribution in [0.2, 0.25) is 0 Å². The van der Waals surface area contributed by atoms with Crippen LogP contribution in [0.15, 0.2) is 146 Å². The highest BCUT2D eigenvalue weighted by Gasteiger charge is 2.39. The number of fused-ring (bicyclic) bond motifs is 4. The van der Waals surface area contributed by atoms with E-state index in [0.29, 0.717) is 47.9 Å². The van der Waals surface area contributed by atoms with Crippen molar-refractivity contribution in [2.45, 2.75) is 79.1 Å². The standard InChI is InChI=1S/C58H52O2/c1-37-17-5-9-21-41(37)29-33-49-45-25-13-14-26-46(45)50(34-30-42-22-10-6-18-38(42)2)54-53(49)57(59)55-51(35-31-43-23-11-7-19-39(43)3)47-27-15-16-28-48(47)52(56(55)58(54)60)36-32-44-24-12-8-20-40(44)4/h5-28H,29-36H2,1-4H3. The smallest absolute Gasteiger partial charge is 0.195 e. The second kappa shape index (κ2) is 16.7. The van der Waals surface area contributed by atoms with Crippen molar-refractivity contribution >= 4 is 33.1 Å². The Morgan fingerprint density at radius 1 is 0.267 bits per heavy atom. The van der Waals surface area contributed by atoms with E-state index in [1.165, 1.54) is 44.5 Å². The van der Waals surface area contributed by atoms with Crippen LogP contribution in [0.5, 0.6) is 0 Å². The molecule has 60 heavy (non-hydrogen) atoms. The molecule has 0 saturated heterocycles. The van der Waals surface area contributed by atoms with E-state index in [0.717, 1.165) is 69.5 Å². The average Bonchev–Trinajstić information content (AvgIpc) is 3.26. The topological polar surface area (TPSA) is 34.1 Å². The summed E-state index contributed by atoms with van der Waals surface area (Å²) < 4.78 is 0. The fourth-order valence-corrected chi connectivity index (χ4v) is 10.1. The first kappa shape index (κ1) is 39.1. The SMILES string of the molecule is Cc1ccccc1CCc1c2c(c(CCc3ccccc3C)c3ccccc13)C(=O)c1c(c(CCc3ccccc3C)c3ccccc3c1CCc1ccccc1C)C2=O. The molecule has 1 aliphatic rings. The molecule has 0 amide bonds. The molecule has 8 aromatic rings. The molecule has 2 heteroatoms. The Labute approximate surface area is 355 Å². The third-order valence-electron chi connectivity index (χ3n) is 13.4. The Hall–Kier alpha value is -6.38. The fraction of sp³-hybridized carbons (Fsp3) is 0.207. The maximum absolute atomic E-state index is 16.1. The van der Waals surface area contributed by atoms with Crippen LogP contribution in [0.1, 0.15) is 98.6 Å². The minimum atomic E-state index is 0.00459. The van der Waals surface area contributed by atoms with Gasteiger partial charge < -0.3 is 0 Å². The predicted octanol–water partition coefficient (Wildman–Crippen LogP) is 13.1. The number of hydrogen-bond acceptors (Lipinski definition) is 2. The van der Waals surface area contributed by atoms with Gasteiger partial charge in [0.1, 0.15) is 0 Å². The van der Waals surface area contributed by atoms with Crippen LogP contribution in [0.25, 0.3) is 21.5 Å². The molecule has 2 nitrogen and oxygen atoms in total. The molecule has 0 N–H and O–H groups in total. The molecule has 8 aromatic carbocycles. The zero-order chi connectivity index (χ0) is 41.3. The number of carbonyl (C=O) groups is 2. The van der Waals surface area contributed by atoms with Crippen LogP contribution in [0.3, 0.4) is 0 Å². The second-order valence-electron chi connectivity index (χ2n) is 16.9. The minimum absolute atomic E-state index is 0.00459. The number of hydrogen-bond donors (Lipinski definition) is 0. The van der Waals surface area contributed by atoms with E-state index >= 15 is 9.59 Å². The molecule has 0 atom stereocenters. The highest BCUT2D eigenvalue weighted by molar-refractivity contribution is 6.33. The lowest BCUT2D eigenvalue weighted by Crippen LogP contribution is -2.29. The largest absolute Gasteiger partial charge is 0.289 e. The summed E-state index contributed by atoms with van der Waals surface area (Å²) in [5.41, 5.74) is 16.5. The molecule has 0 aromatic heterocycles. The summed E-state index contributed by atoms with van der Waals surface area (Å²) in [6.07, 6.45) is 5.75. The monoisotopic (exact) mass is 780 g/mol. The summed E-state index contributed by atoms with van der Waals surface area (Å²) in [5, 5.41) is 4.32. The van der Waals surface area contributed by atoms with Crippen molar-refractivity contribution in [3.8, 4) is 0 Å². The fourth-order valence-electron chi connectivity index (χ4n) is 10.1. The number of ketones is 2. The van der Waals surface area contributed by atoms with Crippen molar-refractivity contribution in [1.29, 1.82) is 0 Å². The highest BCUT2D eigenvalue weighted by atomic mass is 16.1. The Morgan fingerprint density at radius 3 is 0.683 bits per heavy atom. The summed E-state index contributed by atoms with van der Waals surface area (Å²) in [7, 11) is 0. The Kier molecular flexibility index (Phi) is 10.9. The number of rotatable bonds is 12. The zero-order valence-corrected chi connectivity index (χ0v) is 35.3. The van der Waals surface area contributed by atoms with Gasteiger partial charge in [0.15, 0.2) is 11.6 Å². The molecular weight excluding hydrogens is 729 g/mol. The van der Waals surface area contributed by atoms with Crippen molar-refractivity contribution < 1.29 is 9.59 Å². The van der Waals surface area contributed by atoms with E-state index in [1.54, 1.807) is 0 Å². The maximum atomic E-state index is 16.1.